The molecular formula is C20H19NO2. The fourth-order valence-corrected chi connectivity index (χ4v) is 2.72. The van der Waals surface area contributed by atoms with Gasteiger partial charge in [-0.2, -0.15) is 0 Å². The van der Waals surface area contributed by atoms with Crippen molar-refractivity contribution in [2.75, 3.05) is 7.11 Å². The molecule has 0 aromatic heterocycles. The van der Waals surface area contributed by atoms with Gasteiger partial charge >= 0.3 is 0 Å². The molecule has 0 heterocycles. The molecule has 0 aliphatic rings. The zero-order valence-electron chi connectivity index (χ0n) is 13.1. The number of carbonyl (C=O) groups is 1. The van der Waals surface area contributed by atoms with Crippen LogP contribution in [0.15, 0.2) is 66.7 Å². The quantitative estimate of drug-likeness (QED) is 0.780. The Morgan fingerprint density at radius 2 is 1.61 bits per heavy atom. The van der Waals surface area contributed by atoms with Gasteiger partial charge in [-0.1, -0.05) is 60.7 Å². The van der Waals surface area contributed by atoms with Crippen molar-refractivity contribution in [2.45, 2.75) is 13.0 Å². The molecule has 0 bridgehead atoms. The second kappa shape index (κ2) is 6.97. The van der Waals surface area contributed by atoms with Crippen LogP contribution in [0.4, 0.5) is 0 Å². The number of ether oxygens (including phenoxy) is 1. The highest BCUT2D eigenvalue weighted by atomic mass is 16.5. The molecule has 0 atom stereocenters. The lowest BCUT2D eigenvalue weighted by Gasteiger charge is -2.10. The third-order valence-electron chi connectivity index (χ3n) is 3.90. The Morgan fingerprint density at radius 1 is 0.913 bits per heavy atom. The fraction of sp³-hybridized carbons (Fsp3) is 0.150. The summed E-state index contributed by atoms with van der Waals surface area (Å²) >= 11 is 0. The number of rotatable bonds is 5. The number of methoxy groups -OCH3 is 1. The molecule has 3 heteroatoms. The van der Waals surface area contributed by atoms with E-state index in [1.165, 1.54) is 0 Å². The first-order valence-corrected chi connectivity index (χ1v) is 7.63. The summed E-state index contributed by atoms with van der Waals surface area (Å²) in [5, 5.41) is 5.25. The molecule has 1 N–H and O–H groups in total. The van der Waals surface area contributed by atoms with Crippen molar-refractivity contribution in [3.63, 3.8) is 0 Å². The van der Waals surface area contributed by atoms with Crippen LogP contribution in [0.2, 0.25) is 0 Å². The average Bonchev–Trinajstić information content (AvgIpc) is 2.60. The highest BCUT2D eigenvalue weighted by Gasteiger charge is 2.08. The molecule has 0 spiro atoms. The van der Waals surface area contributed by atoms with E-state index in [0.29, 0.717) is 13.0 Å². The predicted molar refractivity (Wildman–Crippen MR) is 92.5 cm³/mol. The topological polar surface area (TPSA) is 38.3 Å². The van der Waals surface area contributed by atoms with Gasteiger partial charge in [-0.05, 0) is 22.4 Å². The van der Waals surface area contributed by atoms with E-state index in [2.05, 4.69) is 23.5 Å². The smallest absolute Gasteiger partial charge is 0.224 e. The van der Waals surface area contributed by atoms with Crippen LogP contribution < -0.4 is 10.1 Å². The van der Waals surface area contributed by atoms with Crippen molar-refractivity contribution >= 4 is 16.7 Å². The predicted octanol–water partition coefficient (Wildman–Crippen LogP) is 3.71. The van der Waals surface area contributed by atoms with Crippen molar-refractivity contribution in [3.8, 4) is 5.75 Å². The summed E-state index contributed by atoms with van der Waals surface area (Å²) in [7, 11) is 1.64. The number of hydrogen-bond acceptors (Lipinski definition) is 2. The zero-order chi connectivity index (χ0) is 16.1. The molecule has 0 aliphatic heterocycles. The third-order valence-corrected chi connectivity index (χ3v) is 3.90. The molecule has 3 nitrogen and oxygen atoms in total. The standard InChI is InChI=1S/C20H19NO2/c1-23-19-12-5-3-8-17(19)14-21-20(22)13-16-10-6-9-15-7-2-4-11-18(15)16/h2-12H,13-14H2,1H3,(H,21,22). The summed E-state index contributed by atoms with van der Waals surface area (Å²) in [5.41, 5.74) is 2.02. The number of carbonyl (C=O) groups excluding carboxylic acids is 1. The maximum absolute atomic E-state index is 12.3. The van der Waals surface area contributed by atoms with Gasteiger partial charge in [-0.25, -0.2) is 0 Å². The van der Waals surface area contributed by atoms with Crippen LogP contribution in [0, 0.1) is 0 Å². The van der Waals surface area contributed by atoms with Gasteiger partial charge in [0.25, 0.3) is 0 Å². The molecule has 3 aromatic carbocycles. The minimum Gasteiger partial charge on any atom is -0.496 e. The molecule has 0 saturated heterocycles. The molecule has 3 rings (SSSR count). The summed E-state index contributed by atoms with van der Waals surface area (Å²) in [6, 6.07) is 21.9. The maximum Gasteiger partial charge on any atom is 0.224 e. The summed E-state index contributed by atoms with van der Waals surface area (Å²) in [5.74, 6) is 0.797. The Hall–Kier alpha value is -2.81. The molecule has 23 heavy (non-hydrogen) atoms. The first kappa shape index (κ1) is 15.1. The highest BCUT2D eigenvalue weighted by molar-refractivity contribution is 5.90. The van der Waals surface area contributed by atoms with Gasteiger partial charge in [-0.15, -0.1) is 0 Å². The monoisotopic (exact) mass is 305 g/mol. The van der Waals surface area contributed by atoms with Gasteiger partial charge < -0.3 is 10.1 Å². The van der Waals surface area contributed by atoms with E-state index in [1.54, 1.807) is 7.11 Å². The molecular weight excluding hydrogens is 286 g/mol. The molecule has 0 unspecified atom stereocenters. The SMILES string of the molecule is COc1ccccc1CNC(=O)Cc1cccc2ccccc12. The second-order valence-corrected chi connectivity index (χ2v) is 5.40. The minimum absolute atomic E-state index is 0.00672. The molecule has 0 fully saturated rings. The van der Waals surface area contributed by atoms with Crippen molar-refractivity contribution < 1.29 is 9.53 Å². The fourth-order valence-electron chi connectivity index (χ4n) is 2.72. The van der Waals surface area contributed by atoms with Crippen LogP contribution in [-0.4, -0.2) is 13.0 Å². The number of nitrogens with one attached hydrogen (secondary N) is 1. The molecule has 3 aromatic rings. The van der Waals surface area contributed by atoms with E-state index in [4.69, 9.17) is 4.74 Å². The average molecular weight is 305 g/mol. The minimum atomic E-state index is 0.00672. The summed E-state index contributed by atoms with van der Waals surface area (Å²) < 4.78 is 5.30. The number of amides is 1. The van der Waals surface area contributed by atoms with Gasteiger partial charge in [-0.3, -0.25) is 4.79 Å². The van der Waals surface area contributed by atoms with Crippen LogP contribution in [0.3, 0.4) is 0 Å². The second-order valence-electron chi connectivity index (χ2n) is 5.40. The molecule has 1 amide bonds. The van der Waals surface area contributed by atoms with Crippen LogP contribution in [0.25, 0.3) is 10.8 Å². The van der Waals surface area contributed by atoms with Crippen LogP contribution in [0.1, 0.15) is 11.1 Å². The van der Waals surface area contributed by atoms with Crippen molar-refractivity contribution in [1.82, 2.24) is 5.32 Å². The lowest BCUT2D eigenvalue weighted by Crippen LogP contribution is -2.24. The third kappa shape index (κ3) is 3.51. The van der Waals surface area contributed by atoms with Crippen molar-refractivity contribution in [2.24, 2.45) is 0 Å². The van der Waals surface area contributed by atoms with E-state index in [1.807, 2.05) is 48.5 Å². The van der Waals surface area contributed by atoms with E-state index in [-0.39, 0.29) is 5.91 Å². The maximum atomic E-state index is 12.3. The summed E-state index contributed by atoms with van der Waals surface area (Å²) in [6.45, 7) is 0.466. The van der Waals surface area contributed by atoms with Gasteiger partial charge in [0.2, 0.25) is 5.91 Å². The highest BCUT2D eigenvalue weighted by Crippen LogP contribution is 2.19. The van der Waals surface area contributed by atoms with Crippen LogP contribution >= 0.6 is 0 Å². The van der Waals surface area contributed by atoms with Crippen LogP contribution in [0.5, 0.6) is 5.75 Å². The van der Waals surface area contributed by atoms with Crippen molar-refractivity contribution in [3.05, 3.63) is 77.9 Å². The summed E-state index contributed by atoms with van der Waals surface area (Å²) in [6.07, 6.45) is 0.372. The lowest BCUT2D eigenvalue weighted by atomic mass is 10.0. The number of fused-ring (bicyclic) bond motifs is 1. The normalized spacial score (nSPS) is 10.5. The van der Waals surface area contributed by atoms with Gasteiger partial charge in [0, 0.05) is 12.1 Å². The largest absolute Gasteiger partial charge is 0.496 e. The zero-order valence-corrected chi connectivity index (χ0v) is 13.1. The molecule has 0 radical (unpaired) electrons. The van der Waals surface area contributed by atoms with E-state index < -0.39 is 0 Å². The van der Waals surface area contributed by atoms with Gasteiger partial charge in [0.1, 0.15) is 5.75 Å². The van der Waals surface area contributed by atoms with E-state index >= 15 is 0 Å². The van der Waals surface area contributed by atoms with Gasteiger partial charge in [0.15, 0.2) is 0 Å². The van der Waals surface area contributed by atoms with Crippen LogP contribution in [-0.2, 0) is 17.8 Å². The Labute approximate surface area is 135 Å². The number of hydrogen-bond donors (Lipinski definition) is 1. The summed E-state index contributed by atoms with van der Waals surface area (Å²) in [4.78, 5) is 12.3. The van der Waals surface area contributed by atoms with E-state index in [9.17, 15) is 4.79 Å². The van der Waals surface area contributed by atoms with Crippen molar-refractivity contribution in [1.29, 1.82) is 0 Å². The van der Waals surface area contributed by atoms with E-state index in [0.717, 1.165) is 27.6 Å². The molecule has 116 valence electrons. The Bertz CT molecular complexity index is 821. The first-order chi connectivity index (χ1) is 11.3. The first-order valence-electron chi connectivity index (χ1n) is 7.63. The Balaban J connectivity index is 1.69. The Kier molecular flexibility index (Phi) is 4.57. The Morgan fingerprint density at radius 3 is 2.48 bits per heavy atom. The molecule has 0 aliphatic carbocycles. The number of benzene rings is 3. The van der Waals surface area contributed by atoms with Gasteiger partial charge in [0.05, 0.1) is 13.5 Å². The molecule has 0 saturated carbocycles. The lowest BCUT2D eigenvalue weighted by molar-refractivity contribution is -0.120. The number of para-hydroxylation sites is 1.